The third-order valence-corrected chi connectivity index (χ3v) is 6.10. The summed E-state index contributed by atoms with van der Waals surface area (Å²) in [5.41, 5.74) is 3.05. The van der Waals surface area contributed by atoms with Crippen molar-refractivity contribution in [3.8, 4) is 0 Å². The molecule has 0 unspecified atom stereocenters. The van der Waals surface area contributed by atoms with Crippen LogP contribution in [0.2, 0.25) is 0 Å². The second kappa shape index (κ2) is 6.39. The Hall–Kier alpha value is -1.98. The molecule has 0 saturated heterocycles. The van der Waals surface area contributed by atoms with E-state index in [1.807, 2.05) is 29.6 Å². The van der Waals surface area contributed by atoms with Gasteiger partial charge in [-0.15, -0.1) is 11.3 Å². The van der Waals surface area contributed by atoms with Crippen molar-refractivity contribution in [1.82, 2.24) is 4.98 Å². The second-order valence-electron chi connectivity index (χ2n) is 6.57. The van der Waals surface area contributed by atoms with Crippen molar-refractivity contribution in [2.45, 2.75) is 19.3 Å². The fourth-order valence-electron chi connectivity index (χ4n) is 3.77. The molecule has 1 aromatic heterocycles. The number of amides is 1. The minimum absolute atomic E-state index is 0.0150. The highest BCUT2D eigenvalue weighted by molar-refractivity contribution is 9.10. The summed E-state index contributed by atoms with van der Waals surface area (Å²) in [4.78, 5) is 17.4. The SMILES string of the molecule is C[C@@]1(C(=O)Nc2nccs2)Cc2ccc(Br)cc2[C@@H]1c1ccccc1. The van der Waals surface area contributed by atoms with Gasteiger partial charge in [-0.3, -0.25) is 4.79 Å². The number of fused-ring (bicyclic) bond motifs is 1. The van der Waals surface area contributed by atoms with Gasteiger partial charge in [0.25, 0.3) is 0 Å². The number of aromatic nitrogens is 1. The second-order valence-corrected chi connectivity index (χ2v) is 8.38. The van der Waals surface area contributed by atoms with E-state index in [1.165, 1.54) is 22.5 Å². The first-order valence-electron chi connectivity index (χ1n) is 8.12. The normalized spacial score (nSPS) is 21.8. The van der Waals surface area contributed by atoms with Gasteiger partial charge >= 0.3 is 0 Å². The number of halogens is 1. The van der Waals surface area contributed by atoms with Gasteiger partial charge in [0.15, 0.2) is 5.13 Å². The van der Waals surface area contributed by atoms with Crippen LogP contribution in [0, 0.1) is 5.41 Å². The van der Waals surface area contributed by atoms with Crippen molar-refractivity contribution in [2.24, 2.45) is 5.41 Å². The molecule has 126 valence electrons. The predicted octanol–water partition coefficient (Wildman–Crippen LogP) is 5.24. The van der Waals surface area contributed by atoms with Crippen LogP contribution in [0.3, 0.4) is 0 Å². The quantitative estimate of drug-likeness (QED) is 0.638. The number of nitrogens with zero attached hydrogens (tertiary/aromatic N) is 1. The summed E-state index contributed by atoms with van der Waals surface area (Å²) < 4.78 is 1.04. The summed E-state index contributed by atoms with van der Waals surface area (Å²) in [6.45, 7) is 2.06. The van der Waals surface area contributed by atoms with Crippen LogP contribution >= 0.6 is 27.3 Å². The maximum Gasteiger partial charge on any atom is 0.233 e. The van der Waals surface area contributed by atoms with Crippen molar-refractivity contribution in [1.29, 1.82) is 0 Å². The molecule has 0 bridgehead atoms. The smallest absolute Gasteiger partial charge is 0.233 e. The molecule has 1 N–H and O–H groups in total. The van der Waals surface area contributed by atoms with Crippen LogP contribution in [0.15, 0.2) is 64.6 Å². The summed E-state index contributed by atoms with van der Waals surface area (Å²) in [6, 6.07) is 16.6. The van der Waals surface area contributed by atoms with E-state index in [0.717, 1.165) is 10.0 Å². The highest BCUT2D eigenvalue weighted by atomic mass is 79.9. The van der Waals surface area contributed by atoms with E-state index in [1.54, 1.807) is 6.20 Å². The van der Waals surface area contributed by atoms with E-state index in [2.05, 4.69) is 57.4 Å². The Bertz CT molecular complexity index is 911. The molecule has 3 nitrogen and oxygen atoms in total. The number of carbonyl (C=O) groups excluding carboxylic acids is 1. The average molecular weight is 413 g/mol. The molecule has 1 aliphatic rings. The molecule has 2 aromatic carbocycles. The van der Waals surface area contributed by atoms with Crippen molar-refractivity contribution >= 4 is 38.3 Å². The third kappa shape index (κ3) is 2.92. The predicted molar refractivity (Wildman–Crippen MR) is 105 cm³/mol. The third-order valence-electron chi connectivity index (χ3n) is 4.92. The molecule has 5 heteroatoms. The molecule has 1 heterocycles. The minimum Gasteiger partial charge on any atom is -0.301 e. The Morgan fingerprint density at radius 2 is 2.08 bits per heavy atom. The van der Waals surface area contributed by atoms with E-state index < -0.39 is 5.41 Å². The summed E-state index contributed by atoms with van der Waals surface area (Å²) in [6.07, 6.45) is 2.42. The standard InChI is InChI=1S/C20H17BrN2OS/c1-20(18(24)23-19-22-9-10-25-19)12-14-7-8-15(21)11-16(14)17(20)13-5-3-2-4-6-13/h2-11,17H,12H2,1H3,(H,22,23,24)/t17-,20+/m0/s1. The lowest BCUT2D eigenvalue weighted by Crippen LogP contribution is -2.37. The minimum atomic E-state index is -0.559. The van der Waals surface area contributed by atoms with Gasteiger partial charge in [0.1, 0.15) is 0 Å². The van der Waals surface area contributed by atoms with E-state index in [9.17, 15) is 4.79 Å². The van der Waals surface area contributed by atoms with Crippen LogP contribution in [-0.2, 0) is 11.2 Å². The van der Waals surface area contributed by atoms with Gasteiger partial charge in [-0.1, -0.05) is 52.3 Å². The first-order chi connectivity index (χ1) is 12.1. The van der Waals surface area contributed by atoms with Crippen molar-refractivity contribution < 1.29 is 4.79 Å². The largest absolute Gasteiger partial charge is 0.301 e. The Morgan fingerprint density at radius 3 is 2.80 bits per heavy atom. The Kier molecular flexibility index (Phi) is 4.21. The van der Waals surface area contributed by atoms with Gasteiger partial charge in [-0.05, 0) is 42.2 Å². The van der Waals surface area contributed by atoms with E-state index in [-0.39, 0.29) is 11.8 Å². The fourth-order valence-corrected chi connectivity index (χ4v) is 4.67. The van der Waals surface area contributed by atoms with E-state index in [0.29, 0.717) is 11.6 Å². The number of benzene rings is 2. The number of anilines is 1. The van der Waals surface area contributed by atoms with Crippen LogP contribution in [0.5, 0.6) is 0 Å². The molecule has 4 rings (SSSR count). The van der Waals surface area contributed by atoms with Crippen LogP contribution in [0.1, 0.15) is 29.5 Å². The van der Waals surface area contributed by atoms with Gasteiger partial charge in [-0.2, -0.15) is 0 Å². The summed E-state index contributed by atoms with van der Waals surface area (Å²) in [5.74, 6) is 0.0322. The molecule has 3 aromatic rings. The molecular weight excluding hydrogens is 396 g/mol. The van der Waals surface area contributed by atoms with Gasteiger partial charge in [-0.25, -0.2) is 4.98 Å². The Balaban J connectivity index is 1.79. The zero-order valence-electron chi connectivity index (χ0n) is 13.7. The summed E-state index contributed by atoms with van der Waals surface area (Å²) >= 11 is 5.02. The Morgan fingerprint density at radius 1 is 1.28 bits per heavy atom. The average Bonchev–Trinajstić information content (AvgIpc) is 3.21. The highest BCUT2D eigenvalue weighted by Gasteiger charge is 2.48. The van der Waals surface area contributed by atoms with Crippen LogP contribution in [-0.4, -0.2) is 10.9 Å². The maximum absolute atomic E-state index is 13.2. The van der Waals surface area contributed by atoms with Gasteiger partial charge in [0.05, 0.1) is 5.41 Å². The van der Waals surface area contributed by atoms with Gasteiger partial charge in [0, 0.05) is 22.0 Å². The number of carbonyl (C=O) groups is 1. The van der Waals surface area contributed by atoms with Crippen molar-refractivity contribution in [3.05, 3.63) is 81.3 Å². The van der Waals surface area contributed by atoms with Crippen molar-refractivity contribution in [2.75, 3.05) is 5.32 Å². The monoisotopic (exact) mass is 412 g/mol. The molecule has 1 aliphatic carbocycles. The zero-order valence-corrected chi connectivity index (χ0v) is 16.1. The number of hydrogen-bond donors (Lipinski definition) is 1. The number of thiazole rings is 1. The molecule has 0 aliphatic heterocycles. The lowest BCUT2D eigenvalue weighted by atomic mass is 9.73. The summed E-state index contributed by atoms with van der Waals surface area (Å²) in [5, 5.41) is 5.53. The first-order valence-corrected chi connectivity index (χ1v) is 9.79. The molecule has 2 atom stereocenters. The topological polar surface area (TPSA) is 42.0 Å². The molecular formula is C20H17BrN2OS. The lowest BCUT2D eigenvalue weighted by Gasteiger charge is -2.31. The first kappa shape index (κ1) is 16.5. The highest BCUT2D eigenvalue weighted by Crippen LogP contribution is 2.51. The molecule has 0 radical (unpaired) electrons. The van der Waals surface area contributed by atoms with Crippen LogP contribution in [0.25, 0.3) is 0 Å². The maximum atomic E-state index is 13.2. The number of rotatable bonds is 3. The molecule has 0 saturated carbocycles. The number of nitrogens with one attached hydrogen (secondary N) is 1. The number of hydrogen-bond acceptors (Lipinski definition) is 3. The van der Waals surface area contributed by atoms with Gasteiger partial charge < -0.3 is 5.32 Å². The summed E-state index contributed by atoms with van der Waals surface area (Å²) in [7, 11) is 0. The Labute approximate surface area is 159 Å². The van der Waals surface area contributed by atoms with Gasteiger partial charge in [0.2, 0.25) is 5.91 Å². The molecule has 25 heavy (non-hydrogen) atoms. The molecule has 0 spiro atoms. The fraction of sp³-hybridized carbons (Fsp3) is 0.200. The van der Waals surface area contributed by atoms with E-state index in [4.69, 9.17) is 0 Å². The zero-order chi connectivity index (χ0) is 17.4. The molecule has 1 amide bonds. The van der Waals surface area contributed by atoms with Crippen molar-refractivity contribution in [3.63, 3.8) is 0 Å². The van der Waals surface area contributed by atoms with Crippen LogP contribution in [0.4, 0.5) is 5.13 Å². The lowest BCUT2D eigenvalue weighted by molar-refractivity contribution is -0.125. The van der Waals surface area contributed by atoms with Crippen LogP contribution < -0.4 is 5.32 Å². The van der Waals surface area contributed by atoms with E-state index >= 15 is 0 Å². The molecule has 0 fully saturated rings.